The van der Waals surface area contributed by atoms with Crippen LogP contribution in [0.3, 0.4) is 0 Å². The molecule has 4 rings (SSSR count). The largest absolute Gasteiger partial charge is 0.461 e. The highest BCUT2D eigenvalue weighted by molar-refractivity contribution is 5.86. The number of nitrogens with one attached hydrogen (secondary N) is 1. The van der Waals surface area contributed by atoms with Crippen LogP contribution >= 0.6 is 0 Å². The summed E-state index contributed by atoms with van der Waals surface area (Å²) in [6, 6.07) is 7.36. The number of aryl methyl sites for hydroxylation is 1. The second kappa shape index (κ2) is 23.6. The quantitative estimate of drug-likeness (QED) is 0.172. The molecule has 0 spiro atoms. The number of likely N-dealkylation sites (tertiary alicyclic amines) is 2. The van der Waals surface area contributed by atoms with Crippen molar-refractivity contribution in [1.82, 2.24) is 15.1 Å². The van der Waals surface area contributed by atoms with Gasteiger partial charge in [-0.15, -0.1) is 25.7 Å². The van der Waals surface area contributed by atoms with Crippen LogP contribution in [-0.4, -0.2) is 60.8 Å². The van der Waals surface area contributed by atoms with Crippen LogP contribution in [0.2, 0.25) is 0 Å². The van der Waals surface area contributed by atoms with E-state index >= 15 is 0 Å². The molecule has 2 aromatic rings. The number of carbonyl (C=O) groups is 2. The summed E-state index contributed by atoms with van der Waals surface area (Å²) in [7, 11) is 1.50. The number of nitrogens with zero attached hydrogens (tertiary/aromatic N) is 4. The number of benzene rings is 1. The lowest BCUT2D eigenvalue weighted by Gasteiger charge is -2.23. The van der Waals surface area contributed by atoms with E-state index in [9.17, 15) is 9.59 Å². The van der Waals surface area contributed by atoms with E-state index in [4.69, 9.17) is 15.4 Å². The van der Waals surface area contributed by atoms with Crippen molar-refractivity contribution in [3.05, 3.63) is 30.0 Å². The average Bonchev–Trinajstić information content (AvgIpc) is 3.61. The molecule has 2 saturated heterocycles. The van der Waals surface area contributed by atoms with Crippen LogP contribution in [0, 0.1) is 44.1 Å². The molecule has 0 atom stereocenters. The van der Waals surface area contributed by atoms with Crippen LogP contribution in [-0.2, 0) is 9.59 Å². The van der Waals surface area contributed by atoms with Crippen molar-refractivity contribution in [1.29, 1.82) is 5.26 Å². The van der Waals surface area contributed by atoms with Gasteiger partial charge in [0.25, 0.3) is 0 Å². The van der Waals surface area contributed by atoms with Crippen LogP contribution < -0.4 is 16.8 Å². The number of fused-ring (bicyclic) bond motifs is 1. The molecule has 5 N–H and O–H groups in total. The molecule has 40 heavy (non-hydrogen) atoms. The van der Waals surface area contributed by atoms with Gasteiger partial charge < -0.3 is 25.7 Å². The molecule has 2 aliphatic heterocycles. The molecule has 1 aromatic carbocycles. The lowest BCUT2D eigenvalue weighted by Crippen LogP contribution is -2.41. The normalized spacial score (nSPS) is 13.9. The number of hydrogen-bond acceptors (Lipinski definition) is 6. The molecular formula is C30H45N7O3. The molecule has 1 aromatic heterocycles. The number of nitriles is 1. The van der Waals surface area contributed by atoms with Gasteiger partial charge in [-0.25, -0.2) is 4.99 Å². The standard InChI is InChI=1S/C12H20N2O2.C11H10N4O.C2H6.2C2H2.CH5N/c15-11-6-2-1-3-9-14(11)10-12(16)13-7-4-5-8-13;1-7-4-8-5-9(2-3-10(8)16-7)15-11(13)14-6-12;4*1-2/h1-10H2;2-5H,1H3,(H3,13,14,15);1-2H3;2*1-2H;2H2,1H3. The molecule has 218 valence electrons. The van der Waals surface area contributed by atoms with Gasteiger partial charge in [0.1, 0.15) is 11.3 Å². The molecule has 2 amide bonds. The summed E-state index contributed by atoms with van der Waals surface area (Å²) in [4.78, 5) is 31.3. The summed E-state index contributed by atoms with van der Waals surface area (Å²) in [5.74, 6) is 1.21. The zero-order valence-corrected chi connectivity index (χ0v) is 24.4. The minimum Gasteiger partial charge on any atom is -0.461 e. The van der Waals surface area contributed by atoms with Crippen molar-refractivity contribution < 1.29 is 14.0 Å². The number of aliphatic imine (C=N–C) groups is 1. The summed E-state index contributed by atoms with van der Waals surface area (Å²) >= 11 is 0. The summed E-state index contributed by atoms with van der Waals surface area (Å²) in [5, 5.41) is 11.6. The van der Waals surface area contributed by atoms with Crippen molar-refractivity contribution in [2.24, 2.45) is 16.5 Å². The molecule has 0 bridgehead atoms. The third-order valence-electron chi connectivity index (χ3n) is 5.51. The fourth-order valence-electron chi connectivity index (χ4n) is 3.89. The summed E-state index contributed by atoms with van der Waals surface area (Å²) in [6.45, 7) is 8.70. The maximum Gasteiger partial charge on any atom is 0.242 e. The lowest BCUT2D eigenvalue weighted by atomic mass is 10.2. The molecule has 0 aliphatic carbocycles. The highest BCUT2D eigenvalue weighted by Gasteiger charge is 2.23. The van der Waals surface area contributed by atoms with Gasteiger partial charge in [-0.2, -0.15) is 5.26 Å². The first-order valence-electron chi connectivity index (χ1n) is 13.3. The van der Waals surface area contributed by atoms with Crippen molar-refractivity contribution in [3.8, 4) is 31.9 Å². The monoisotopic (exact) mass is 551 g/mol. The summed E-state index contributed by atoms with van der Waals surface area (Å²) in [5.41, 5.74) is 11.4. The Hall–Kier alpha value is -4.46. The highest BCUT2D eigenvalue weighted by atomic mass is 16.3. The molecule has 10 heteroatoms. The highest BCUT2D eigenvalue weighted by Crippen LogP contribution is 2.24. The Balaban J connectivity index is 0. The zero-order valence-electron chi connectivity index (χ0n) is 24.4. The number of amides is 2. The molecule has 3 heterocycles. The van der Waals surface area contributed by atoms with Gasteiger partial charge in [-0.1, -0.05) is 20.3 Å². The molecule has 0 saturated carbocycles. The fraction of sp³-hybridized carbons (Fsp3) is 0.467. The number of carbonyl (C=O) groups excluding carboxylic acids is 2. The van der Waals surface area contributed by atoms with E-state index in [1.807, 2.05) is 43.9 Å². The van der Waals surface area contributed by atoms with E-state index in [0.29, 0.717) is 18.7 Å². The first-order chi connectivity index (χ1) is 19.5. The molecule has 2 fully saturated rings. The lowest BCUT2D eigenvalue weighted by molar-refractivity contribution is -0.139. The third-order valence-corrected chi connectivity index (χ3v) is 5.51. The Morgan fingerprint density at radius 2 is 1.65 bits per heavy atom. The van der Waals surface area contributed by atoms with Crippen LogP contribution in [0.25, 0.3) is 11.0 Å². The van der Waals surface area contributed by atoms with Crippen LogP contribution in [0.5, 0.6) is 0 Å². The van der Waals surface area contributed by atoms with Gasteiger partial charge in [-0.05, 0) is 63.9 Å². The van der Waals surface area contributed by atoms with E-state index in [0.717, 1.165) is 68.5 Å². The first-order valence-corrected chi connectivity index (χ1v) is 13.3. The minimum atomic E-state index is 0.0714. The van der Waals surface area contributed by atoms with Gasteiger partial charge in [0.05, 0.1) is 12.2 Å². The van der Waals surface area contributed by atoms with E-state index in [-0.39, 0.29) is 17.8 Å². The van der Waals surface area contributed by atoms with E-state index in [1.165, 1.54) is 7.05 Å². The third kappa shape index (κ3) is 13.9. The molecular weight excluding hydrogens is 506 g/mol. The zero-order chi connectivity index (χ0) is 30.9. The Morgan fingerprint density at radius 1 is 1.05 bits per heavy atom. The first kappa shape index (κ1) is 37.7. The van der Waals surface area contributed by atoms with Crippen LogP contribution in [0.15, 0.2) is 33.7 Å². The molecule has 0 unspecified atom stereocenters. The Bertz CT molecular complexity index is 1100. The second-order valence-electron chi connectivity index (χ2n) is 8.03. The molecule has 2 aliphatic rings. The van der Waals surface area contributed by atoms with Crippen molar-refractivity contribution in [2.45, 2.75) is 59.3 Å². The van der Waals surface area contributed by atoms with Gasteiger partial charge in [0.15, 0.2) is 6.19 Å². The maximum atomic E-state index is 11.9. The van der Waals surface area contributed by atoms with Crippen molar-refractivity contribution in [2.75, 3.05) is 33.2 Å². The van der Waals surface area contributed by atoms with Crippen molar-refractivity contribution in [3.63, 3.8) is 0 Å². The van der Waals surface area contributed by atoms with E-state index in [1.54, 1.807) is 17.2 Å². The van der Waals surface area contributed by atoms with Gasteiger partial charge in [0, 0.05) is 31.4 Å². The topological polar surface area (TPSA) is 154 Å². The van der Waals surface area contributed by atoms with Crippen LogP contribution in [0.1, 0.15) is 58.1 Å². The SMILES string of the molecule is C#C.C#C.CC.CN.Cc1cc2cc(N=C(N)NC#N)ccc2o1.O=C(CN1CCCCCC1=O)N1CCCC1. The van der Waals surface area contributed by atoms with Gasteiger partial charge >= 0.3 is 0 Å². The Labute approximate surface area is 239 Å². The fourth-order valence-corrected chi connectivity index (χ4v) is 3.89. The van der Waals surface area contributed by atoms with E-state index < -0.39 is 0 Å². The Kier molecular flexibility index (Phi) is 22.3. The number of guanidine groups is 1. The predicted octanol–water partition coefficient (Wildman–Crippen LogP) is 3.87. The number of hydrogen-bond donors (Lipinski definition) is 3. The number of rotatable bonds is 3. The second-order valence-corrected chi connectivity index (χ2v) is 8.03. The summed E-state index contributed by atoms with van der Waals surface area (Å²) < 4.78 is 5.43. The van der Waals surface area contributed by atoms with Crippen molar-refractivity contribution >= 4 is 34.4 Å². The molecule has 0 radical (unpaired) electrons. The average molecular weight is 552 g/mol. The maximum absolute atomic E-state index is 11.9. The number of furan rings is 1. The van der Waals surface area contributed by atoms with Gasteiger partial charge in [-0.3, -0.25) is 14.9 Å². The molecule has 10 nitrogen and oxygen atoms in total. The van der Waals surface area contributed by atoms with Crippen LogP contribution in [0.4, 0.5) is 5.69 Å². The summed E-state index contributed by atoms with van der Waals surface area (Å²) in [6.07, 6.45) is 23.7. The smallest absolute Gasteiger partial charge is 0.242 e. The predicted molar refractivity (Wildman–Crippen MR) is 163 cm³/mol. The van der Waals surface area contributed by atoms with Gasteiger partial charge in [0.2, 0.25) is 17.8 Å². The van der Waals surface area contributed by atoms with E-state index in [2.05, 4.69) is 41.7 Å². The Morgan fingerprint density at radius 3 is 2.25 bits per heavy atom. The number of terminal acetylenes is 2. The number of nitrogens with two attached hydrogens (primary N) is 2. The minimum absolute atomic E-state index is 0.0714.